The third kappa shape index (κ3) is 5.29. The van der Waals surface area contributed by atoms with Gasteiger partial charge in [-0.15, -0.1) is 0 Å². The van der Waals surface area contributed by atoms with Gasteiger partial charge in [0.25, 0.3) is 0 Å². The molecule has 0 unspecified atom stereocenters. The monoisotopic (exact) mass is 534 g/mol. The molecule has 2 heteroatoms. The normalized spacial score (nSPS) is 12.6. The second-order valence-electron chi connectivity index (χ2n) is 13.6. The summed E-state index contributed by atoms with van der Waals surface area (Å²) in [7, 11) is 0. The van der Waals surface area contributed by atoms with Crippen molar-refractivity contribution in [3.63, 3.8) is 0 Å². The van der Waals surface area contributed by atoms with Crippen LogP contribution in [0.15, 0.2) is 72.8 Å². The van der Waals surface area contributed by atoms with Crippen molar-refractivity contribution in [3.8, 4) is 33.8 Å². The van der Waals surface area contributed by atoms with Crippen molar-refractivity contribution in [1.29, 1.82) is 0 Å². The second kappa shape index (κ2) is 10.5. The number of rotatable bonds is 5. The first-order chi connectivity index (χ1) is 18.6. The molecule has 0 heterocycles. The van der Waals surface area contributed by atoms with Gasteiger partial charge in [0.15, 0.2) is 0 Å². The zero-order chi connectivity index (χ0) is 29.6. The summed E-state index contributed by atoms with van der Waals surface area (Å²) in [4.78, 5) is 0. The Labute approximate surface area is 241 Å². The molecule has 0 fully saturated rings. The van der Waals surface area contributed by atoms with Gasteiger partial charge < -0.3 is 10.2 Å². The number of hydrogen-bond donors (Lipinski definition) is 2. The quantitative estimate of drug-likeness (QED) is 0.267. The van der Waals surface area contributed by atoms with Gasteiger partial charge in [0.2, 0.25) is 0 Å². The first-order valence-corrected chi connectivity index (χ1v) is 14.5. The van der Waals surface area contributed by atoms with Crippen LogP contribution in [0.2, 0.25) is 0 Å². The maximum Gasteiger partial charge on any atom is 0.115 e. The predicted octanol–water partition coefficient (Wildman–Crippen LogP) is 10.4. The molecule has 0 spiro atoms. The molecule has 0 aliphatic carbocycles. The zero-order valence-corrected chi connectivity index (χ0v) is 26.0. The van der Waals surface area contributed by atoms with Gasteiger partial charge in [-0.2, -0.15) is 0 Å². The maximum atomic E-state index is 9.87. The molecule has 0 radical (unpaired) electrons. The molecule has 0 aromatic heterocycles. The molecule has 0 saturated heterocycles. The fourth-order valence-corrected chi connectivity index (χ4v) is 6.71. The van der Waals surface area contributed by atoms with E-state index >= 15 is 0 Å². The Bertz CT molecular complexity index is 1400. The van der Waals surface area contributed by atoms with Crippen molar-refractivity contribution in [2.75, 3.05) is 0 Å². The van der Waals surface area contributed by atoms with Crippen molar-refractivity contribution >= 4 is 0 Å². The molecule has 4 aromatic carbocycles. The van der Waals surface area contributed by atoms with E-state index in [9.17, 15) is 10.2 Å². The third-order valence-electron chi connectivity index (χ3n) is 8.68. The van der Waals surface area contributed by atoms with E-state index in [0.717, 1.165) is 17.5 Å². The van der Waals surface area contributed by atoms with Crippen molar-refractivity contribution in [2.45, 2.75) is 91.9 Å². The van der Waals surface area contributed by atoms with Gasteiger partial charge in [0.1, 0.15) is 11.5 Å². The van der Waals surface area contributed by atoms with E-state index < -0.39 is 0 Å². The van der Waals surface area contributed by atoms with Gasteiger partial charge in [0.05, 0.1) is 0 Å². The van der Waals surface area contributed by atoms with Gasteiger partial charge in [-0.05, 0) is 111 Å². The van der Waals surface area contributed by atoms with Gasteiger partial charge >= 0.3 is 0 Å². The summed E-state index contributed by atoms with van der Waals surface area (Å²) in [6, 6.07) is 24.4. The highest BCUT2D eigenvalue weighted by Gasteiger charge is 2.38. The fourth-order valence-electron chi connectivity index (χ4n) is 6.71. The highest BCUT2D eigenvalue weighted by atomic mass is 16.3. The zero-order valence-electron chi connectivity index (χ0n) is 26.0. The molecular weight excluding hydrogens is 488 g/mol. The summed E-state index contributed by atoms with van der Waals surface area (Å²) in [6.45, 7) is 23.2. The first-order valence-electron chi connectivity index (χ1n) is 14.5. The second-order valence-corrected chi connectivity index (χ2v) is 13.6. The average molecular weight is 535 g/mol. The lowest BCUT2D eigenvalue weighted by Crippen LogP contribution is -2.32. The van der Waals surface area contributed by atoms with E-state index in [0.29, 0.717) is 0 Å². The van der Waals surface area contributed by atoms with Crippen molar-refractivity contribution in [2.24, 2.45) is 0 Å². The summed E-state index contributed by atoms with van der Waals surface area (Å²) in [5, 5.41) is 19.7. The lowest BCUT2D eigenvalue weighted by molar-refractivity contribution is 0.475. The van der Waals surface area contributed by atoms with E-state index in [1.807, 2.05) is 24.3 Å². The van der Waals surface area contributed by atoms with Gasteiger partial charge in [-0.1, -0.05) is 104 Å². The minimum absolute atomic E-state index is 0.0638. The van der Waals surface area contributed by atoms with E-state index in [-0.39, 0.29) is 27.7 Å². The molecule has 0 saturated carbocycles. The molecule has 40 heavy (non-hydrogen) atoms. The van der Waals surface area contributed by atoms with Crippen LogP contribution in [0.25, 0.3) is 22.3 Å². The Balaban J connectivity index is 2.02. The van der Waals surface area contributed by atoms with E-state index in [4.69, 9.17) is 0 Å². The van der Waals surface area contributed by atoms with Crippen LogP contribution in [-0.2, 0) is 16.2 Å². The van der Waals surface area contributed by atoms with Gasteiger partial charge in [-0.3, -0.25) is 0 Å². The molecular formula is C38H46O2. The van der Waals surface area contributed by atoms with Crippen LogP contribution in [0.4, 0.5) is 0 Å². The topological polar surface area (TPSA) is 40.5 Å². The molecule has 4 aromatic rings. The Hall–Kier alpha value is -3.52. The van der Waals surface area contributed by atoms with Gasteiger partial charge in [0, 0.05) is 5.41 Å². The minimum atomic E-state index is -0.207. The Morgan fingerprint density at radius 1 is 0.500 bits per heavy atom. The van der Waals surface area contributed by atoms with Gasteiger partial charge in [-0.25, -0.2) is 0 Å². The minimum Gasteiger partial charge on any atom is -0.508 e. The number of aromatic hydroxyl groups is 2. The van der Waals surface area contributed by atoms with Crippen molar-refractivity contribution in [1.82, 2.24) is 0 Å². The maximum absolute atomic E-state index is 9.87. The number of benzene rings is 4. The Morgan fingerprint density at radius 3 is 1.10 bits per heavy atom. The SMILES string of the molecule is CCC(C)(c1ccc(-c2ccc(O)cc2)c(C)c1C(C)(C)C)c1ccc(-c2ccc(O)cc2)c(C)c1C(C)(C)C. The fraction of sp³-hybridized carbons (Fsp3) is 0.368. The highest BCUT2D eigenvalue weighted by Crippen LogP contribution is 2.48. The molecule has 2 N–H and O–H groups in total. The summed E-state index contributed by atoms with van der Waals surface area (Å²) in [5.41, 5.74) is 12.5. The Morgan fingerprint density at radius 2 is 0.825 bits per heavy atom. The lowest BCUT2D eigenvalue weighted by atomic mass is 9.63. The highest BCUT2D eigenvalue weighted by molar-refractivity contribution is 5.74. The third-order valence-corrected chi connectivity index (χ3v) is 8.68. The van der Waals surface area contributed by atoms with Crippen molar-refractivity contribution < 1.29 is 10.2 Å². The van der Waals surface area contributed by atoms with Crippen LogP contribution in [0, 0.1) is 13.8 Å². The molecule has 0 aliphatic heterocycles. The van der Waals surface area contributed by atoms with E-state index in [2.05, 4.69) is 93.5 Å². The van der Waals surface area contributed by atoms with Crippen LogP contribution in [0.5, 0.6) is 11.5 Å². The smallest absolute Gasteiger partial charge is 0.115 e. The number of phenols is 2. The largest absolute Gasteiger partial charge is 0.508 e. The van der Waals surface area contributed by atoms with Crippen LogP contribution in [0.3, 0.4) is 0 Å². The summed E-state index contributed by atoms with van der Waals surface area (Å²) in [6.07, 6.45) is 0.967. The molecule has 0 bridgehead atoms. The lowest BCUT2D eigenvalue weighted by Gasteiger charge is -2.41. The van der Waals surface area contributed by atoms with Crippen LogP contribution in [-0.4, -0.2) is 10.2 Å². The molecule has 0 amide bonds. The summed E-state index contributed by atoms with van der Waals surface area (Å²) >= 11 is 0. The van der Waals surface area contributed by atoms with Crippen LogP contribution in [0.1, 0.15) is 95.2 Å². The Kier molecular flexibility index (Phi) is 7.71. The van der Waals surface area contributed by atoms with E-state index in [1.165, 1.54) is 44.5 Å². The van der Waals surface area contributed by atoms with E-state index in [1.54, 1.807) is 24.3 Å². The molecule has 0 aliphatic rings. The molecule has 2 nitrogen and oxygen atoms in total. The predicted molar refractivity (Wildman–Crippen MR) is 171 cm³/mol. The molecule has 4 rings (SSSR count). The summed E-state index contributed by atoms with van der Waals surface area (Å²) in [5.74, 6) is 0.571. The standard InChI is InChI=1S/C38H46O2/c1-11-38(10,32-22-20-30(24(2)34(32)36(4,5)6)26-12-16-28(39)17-13-26)33-23-21-31(25(3)35(33)37(7,8)9)27-14-18-29(40)19-15-27/h12-23,39-40H,11H2,1-10H3. The van der Waals surface area contributed by atoms with Crippen molar-refractivity contribution in [3.05, 3.63) is 106 Å². The summed E-state index contributed by atoms with van der Waals surface area (Å²) < 4.78 is 0. The number of phenolic OH excluding ortho intramolecular Hbond substituents is 2. The first kappa shape index (κ1) is 29.5. The van der Waals surface area contributed by atoms with Crippen LogP contribution < -0.4 is 0 Å². The van der Waals surface area contributed by atoms with Crippen LogP contribution >= 0.6 is 0 Å². The molecule has 0 atom stereocenters. The average Bonchev–Trinajstić information content (AvgIpc) is 2.87. The number of hydrogen-bond acceptors (Lipinski definition) is 2. The molecule has 210 valence electrons.